The van der Waals surface area contributed by atoms with E-state index >= 15 is 0 Å². The molecule has 1 aliphatic carbocycles. The third kappa shape index (κ3) is 2.65. The molecular weight excluding hydrogens is 236 g/mol. The molecule has 2 rings (SSSR count). The minimum atomic E-state index is -1.17. The number of nitrogens with one attached hydrogen (secondary N) is 1. The van der Waals surface area contributed by atoms with E-state index in [1.807, 2.05) is 0 Å². The zero-order chi connectivity index (χ0) is 13.1. The molecule has 0 aliphatic heterocycles. The maximum Gasteiger partial charge on any atom is 0.338 e. The molecule has 1 amide bonds. The highest BCUT2D eigenvalue weighted by Gasteiger charge is 2.27. The molecule has 1 heterocycles. The van der Waals surface area contributed by atoms with Crippen LogP contribution in [0.1, 0.15) is 33.7 Å². The quantitative estimate of drug-likeness (QED) is 0.712. The first kappa shape index (κ1) is 12.5. The molecule has 3 N–H and O–H groups in total. The smallest absolute Gasteiger partial charge is 0.338 e. The fourth-order valence-corrected chi connectivity index (χ4v) is 1.95. The van der Waals surface area contributed by atoms with Gasteiger partial charge in [-0.3, -0.25) is 9.78 Å². The second-order valence-electron chi connectivity index (χ2n) is 4.41. The Morgan fingerprint density at radius 3 is 2.78 bits per heavy atom. The summed E-state index contributed by atoms with van der Waals surface area (Å²) in [5.74, 6) is -1.40. The van der Waals surface area contributed by atoms with Crippen molar-refractivity contribution in [3.05, 3.63) is 29.6 Å². The van der Waals surface area contributed by atoms with E-state index in [1.54, 1.807) is 0 Å². The number of amides is 1. The molecule has 0 aromatic carbocycles. The van der Waals surface area contributed by atoms with E-state index in [1.165, 1.54) is 18.3 Å². The van der Waals surface area contributed by atoms with Gasteiger partial charge < -0.3 is 15.5 Å². The first-order valence-corrected chi connectivity index (χ1v) is 5.72. The van der Waals surface area contributed by atoms with Gasteiger partial charge in [-0.1, -0.05) is 0 Å². The van der Waals surface area contributed by atoms with Crippen molar-refractivity contribution in [3.63, 3.8) is 0 Å². The molecule has 0 bridgehead atoms. The number of aromatic carboxylic acids is 1. The number of hydrogen-bond donors (Lipinski definition) is 3. The molecule has 6 nitrogen and oxygen atoms in total. The van der Waals surface area contributed by atoms with Crippen molar-refractivity contribution in [1.29, 1.82) is 0 Å². The number of carboxylic acids is 1. The highest BCUT2D eigenvalue weighted by atomic mass is 16.4. The van der Waals surface area contributed by atoms with Gasteiger partial charge in [-0.15, -0.1) is 0 Å². The van der Waals surface area contributed by atoms with Crippen molar-refractivity contribution in [1.82, 2.24) is 10.3 Å². The number of rotatable bonds is 4. The van der Waals surface area contributed by atoms with Crippen LogP contribution < -0.4 is 5.32 Å². The molecule has 0 unspecified atom stereocenters. The molecule has 1 aromatic heterocycles. The van der Waals surface area contributed by atoms with Crippen molar-refractivity contribution >= 4 is 11.9 Å². The van der Waals surface area contributed by atoms with E-state index in [-0.39, 0.29) is 23.3 Å². The normalized spacial score (nSPS) is 22.1. The van der Waals surface area contributed by atoms with Crippen LogP contribution in [0.3, 0.4) is 0 Å². The van der Waals surface area contributed by atoms with Crippen LogP contribution in [0.5, 0.6) is 0 Å². The number of carbonyl (C=O) groups excluding carboxylic acids is 1. The Bertz CT molecular complexity index is 469. The average Bonchev–Trinajstić information content (AvgIpc) is 2.32. The van der Waals surface area contributed by atoms with Crippen LogP contribution in [-0.2, 0) is 0 Å². The van der Waals surface area contributed by atoms with Crippen molar-refractivity contribution < 1.29 is 19.8 Å². The minimum absolute atomic E-state index is 0.0788. The summed E-state index contributed by atoms with van der Waals surface area (Å²) < 4.78 is 0. The van der Waals surface area contributed by atoms with Crippen LogP contribution in [0, 0.1) is 5.92 Å². The van der Waals surface area contributed by atoms with Crippen LogP contribution in [0.4, 0.5) is 0 Å². The van der Waals surface area contributed by atoms with Gasteiger partial charge in [0.05, 0.1) is 11.7 Å². The lowest BCUT2D eigenvalue weighted by Crippen LogP contribution is -2.39. The number of aromatic nitrogens is 1. The fourth-order valence-electron chi connectivity index (χ4n) is 1.95. The Hall–Kier alpha value is -1.95. The van der Waals surface area contributed by atoms with Gasteiger partial charge in [0.15, 0.2) is 0 Å². The Morgan fingerprint density at radius 2 is 2.17 bits per heavy atom. The molecule has 0 spiro atoms. The van der Waals surface area contributed by atoms with Gasteiger partial charge in [0, 0.05) is 12.7 Å². The highest BCUT2D eigenvalue weighted by Crippen LogP contribution is 2.26. The molecule has 1 aliphatic rings. The van der Waals surface area contributed by atoms with E-state index in [4.69, 9.17) is 10.2 Å². The van der Waals surface area contributed by atoms with Crippen LogP contribution in [-0.4, -0.2) is 39.7 Å². The fraction of sp³-hybridized carbons (Fsp3) is 0.417. The van der Waals surface area contributed by atoms with Gasteiger partial charge in [-0.05, 0) is 30.9 Å². The van der Waals surface area contributed by atoms with E-state index in [9.17, 15) is 9.59 Å². The molecule has 0 atom stereocenters. The van der Waals surface area contributed by atoms with Crippen LogP contribution in [0.15, 0.2) is 18.3 Å². The standard InChI is InChI=1S/C12H14N2O4/c15-8-4-7(5-8)6-14-11(16)10-9(12(17)18)2-1-3-13-10/h1-3,7-8,15H,4-6H2,(H,14,16)(H,17,18). The summed E-state index contributed by atoms with van der Waals surface area (Å²) in [6.07, 6.45) is 2.47. The predicted molar refractivity (Wildman–Crippen MR) is 62.3 cm³/mol. The summed E-state index contributed by atoms with van der Waals surface area (Å²) in [6, 6.07) is 2.82. The topological polar surface area (TPSA) is 99.5 Å². The summed E-state index contributed by atoms with van der Waals surface area (Å²) in [5, 5.41) is 20.7. The zero-order valence-electron chi connectivity index (χ0n) is 9.67. The van der Waals surface area contributed by atoms with Crippen LogP contribution in [0.25, 0.3) is 0 Å². The lowest BCUT2D eigenvalue weighted by molar-refractivity contribution is 0.0419. The molecule has 1 aromatic rings. The molecule has 0 saturated heterocycles. The number of pyridine rings is 1. The second-order valence-corrected chi connectivity index (χ2v) is 4.41. The van der Waals surface area contributed by atoms with Crippen LogP contribution >= 0.6 is 0 Å². The summed E-state index contributed by atoms with van der Waals surface area (Å²) in [4.78, 5) is 26.5. The average molecular weight is 250 g/mol. The lowest BCUT2D eigenvalue weighted by Gasteiger charge is -2.31. The van der Waals surface area contributed by atoms with Gasteiger partial charge in [-0.25, -0.2) is 4.79 Å². The van der Waals surface area contributed by atoms with Crippen molar-refractivity contribution in [2.45, 2.75) is 18.9 Å². The summed E-state index contributed by atoms with van der Waals surface area (Å²) in [6.45, 7) is 0.436. The first-order valence-electron chi connectivity index (χ1n) is 5.72. The first-order chi connectivity index (χ1) is 8.58. The maximum atomic E-state index is 11.8. The van der Waals surface area contributed by atoms with Gasteiger partial charge in [0.2, 0.25) is 0 Å². The molecule has 96 valence electrons. The molecule has 18 heavy (non-hydrogen) atoms. The summed E-state index contributed by atoms with van der Waals surface area (Å²) in [7, 11) is 0. The van der Waals surface area contributed by atoms with Crippen LogP contribution in [0.2, 0.25) is 0 Å². The minimum Gasteiger partial charge on any atom is -0.478 e. The number of hydrogen-bond acceptors (Lipinski definition) is 4. The third-order valence-electron chi connectivity index (χ3n) is 3.02. The van der Waals surface area contributed by atoms with E-state index < -0.39 is 11.9 Å². The zero-order valence-corrected chi connectivity index (χ0v) is 9.67. The number of carbonyl (C=O) groups is 2. The Balaban J connectivity index is 1.98. The number of aliphatic hydroxyl groups excluding tert-OH is 1. The maximum absolute atomic E-state index is 11.8. The number of aliphatic hydroxyl groups is 1. The Morgan fingerprint density at radius 1 is 1.44 bits per heavy atom. The molecular formula is C12H14N2O4. The number of carboxylic acid groups (broad SMARTS) is 1. The summed E-state index contributed by atoms with van der Waals surface area (Å²) in [5.41, 5.74) is -0.187. The Kier molecular flexibility index (Phi) is 3.57. The van der Waals surface area contributed by atoms with Crippen molar-refractivity contribution in [3.8, 4) is 0 Å². The molecule has 1 saturated carbocycles. The van der Waals surface area contributed by atoms with Gasteiger partial charge in [-0.2, -0.15) is 0 Å². The van der Waals surface area contributed by atoms with Crippen molar-refractivity contribution in [2.75, 3.05) is 6.54 Å². The largest absolute Gasteiger partial charge is 0.478 e. The molecule has 6 heteroatoms. The van der Waals surface area contributed by atoms with E-state index in [2.05, 4.69) is 10.3 Å². The van der Waals surface area contributed by atoms with Gasteiger partial charge in [0.25, 0.3) is 5.91 Å². The SMILES string of the molecule is O=C(O)c1cccnc1C(=O)NCC1CC(O)C1. The Labute approximate surface area is 104 Å². The molecule has 0 radical (unpaired) electrons. The summed E-state index contributed by atoms with van der Waals surface area (Å²) >= 11 is 0. The van der Waals surface area contributed by atoms with E-state index in [0.717, 1.165) is 0 Å². The highest BCUT2D eigenvalue weighted by molar-refractivity contribution is 6.03. The van der Waals surface area contributed by atoms with Crippen molar-refractivity contribution in [2.24, 2.45) is 5.92 Å². The number of nitrogens with zero attached hydrogens (tertiary/aromatic N) is 1. The third-order valence-corrected chi connectivity index (χ3v) is 3.02. The van der Waals surface area contributed by atoms with Gasteiger partial charge >= 0.3 is 5.97 Å². The second kappa shape index (κ2) is 5.14. The predicted octanol–water partition coefficient (Wildman–Crippen LogP) is 0.280. The van der Waals surface area contributed by atoms with Gasteiger partial charge in [0.1, 0.15) is 5.69 Å². The monoisotopic (exact) mass is 250 g/mol. The lowest BCUT2D eigenvalue weighted by atomic mass is 9.82. The van der Waals surface area contributed by atoms with E-state index in [0.29, 0.717) is 19.4 Å². The molecule has 1 fully saturated rings.